The first kappa shape index (κ1) is 41.9. The average molecular weight is 905 g/mol. The van der Waals surface area contributed by atoms with Crippen LogP contribution < -0.4 is 0 Å². The molecule has 328 valence electrons. The number of benzene rings is 3. The van der Waals surface area contributed by atoms with E-state index in [0.29, 0.717) is 67.9 Å². The molecule has 0 N–H and O–H groups in total. The third kappa shape index (κ3) is 8.29. The Hall–Kier alpha value is -7.08. The Morgan fingerprint density at radius 2 is 0.892 bits per heavy atom. The SMILES string of the molecule is C=Cc1cc(-c2nc3cc(F)c(F)cc3n2C2CC2)cnn1.CCc1cc(-c2nc3cc(F)c(F)cc3n2C2CC2)cnn1.Fc1cc2nc(-c3cnnc(Cl)c3)n(C3CC3)c2cc1F. The normalized spacial score (nSPS) is 14.6. The molecule has 0 spiro atoms. The summed E-state index contributed by atoms with van der Waals surface area (Å²) in [6, 6.07) is 13.2. The van der Waals surface area contributed by atoms with Crippen molar-refractivity contribution >= 4 is 50.8 Å². The lowest BCUT2D eigenvalue weighted by Crippen LogP contribution is -2.00. The summed E-state index contributed by atoms with van der Waals surface area (Å²) in [5.41, 5.74) is 6.91. The van der Waals surface area contributed by atoms with E-state index in [0.717, 1.165) is 80.0 Å². The van der Waals surface area contributed by atoms with Gasteiger partial charge >= 0.3 is 0 Å². The molecule has 3 aliphatic rings. The molecule has 0 unspecified atom stereocenters. The quantitative estimate of drug-likeness (QED) is 0.137. The van der Waals surface area contributed by atoms with Gasteiger partial charge in [0.25, 0.3) is 0 Å². The number of rotatable bonds is 8. The van der Waals surface area contributed by atoms with E-state index in [9.17, 15) is 26.3 Å². The standard InChI is InChI=1S/C16H14F2N4.C16H12F2N4.C14H9ClF2N4/c2*1-2-10-5-9(8-19-21-10)16-20-14-6-12(17)13(18)7-15(14)22(16)11-3-4-11;15-13-3-7(6-18-20-13)14-19-11-4-9(16)10(17)5-12(11)21(14)8-1-2-8/h5-8,11H,2-4H2,1H3;2,5-8,11H,1,3-4H2;3-6,8H,1-2H2. The van der Waals surface area contributed by atoms with Crippen LogP contribution in [0.15, 0.2) is 79.8 Å². The molecule has 0 amide bonds. The predicted molar refractivity (Wildman–Crippen MR) is 231 cm³/mol. The van der Waals surface area contributed by atoms with Crippen LogP contribution in [0.2, 0.25) is 5.15 Å². The maximum absolute atomic E-state index is 13.6. The molecule has 6 aromatic heterocycles. The van der Waals surface area contributed by atoms with Crippen LogP contribution in [0.5, 0.6) is 0 Å². The molecular weight excluding hydrogens is 870 g/mol. The maximum atomic E-state index is 13.6. The topological polar surface area (TPSA) is 131 Å². The fourth-order valence-corrected chi connectivity index (χ4v) is 7.92. The third-order valence-corrected chi connectivity index (χ3v) is 11.5. The number of fused-ring (bicyclic) bond motifs is 3. The molecule has 19 heteroatoms. The molecule has 6 heterocycles. The number of nitrogens with zero attached hydrogens (tertiary/aromatic N) is 12. The first-order valence-electron chi connectivity index (χ1n) is 20.8. The molecule has 3 aliphatic carbocycles. The number of aryl methyl sites for hydroxylation is 1. The molecule has 3 fully saturated rings. The lowest BCUT2D eigenvalue weighted by atomic mass is 10.2. The zero-order valence-corrected chi connectivity index (χ0v) is 35.2. The summed E-state index contributed by atoms with van der Waals surface area (Å²) in [5, 5.41) is 23.7. The van der Waals surface area contributed by atoms with Gasteiger partial charge in [0.05, 0.1) is 63.1 Å². The van der Waals surface area contributed by atoms with Gasteiger partial charge in [-0.05, 0) is 69.2 Å². The van der Waals surface area contributed by atoms with Gasteiger partial charge in [0.1, 0.15) is 17.5 Å². The van der Waals surface area contributed by atoms with Gasteiger partial charge in [-0.1, -0.05) is 25.1 Å². The van der Waals surface area contributed by atoms with Gasteiger partial charge in [-0.3, -0.25) is 0 Å². The van der Waals surface area contributed by atoms with Gasteiger partial charge in [-0.15, -0.1) is 5.10 Å². The highest BCUT2D eigenvalue weighted by molar-refractivity contribution is 6.29. The molecule has 65 heavy (non-hydrogen) atoms. The van der Waals surface area contributed by atoms with Crippen molar-refractivity contribution in [3.05, 3.63) is 131 Å². The molecule has 0 radical (unpaired) electrons. The molecule has 3 saturated carbocycles. The summed E-state index contributed by atoms with van der Waals surface area (Å²) in [4.78, 5) is 13.4. The number of halogens is 7. The van der Waals surface area contributed by atoms with Crippen molar-refractivity contribution in [2.75, 3.05) is 0 Å². The van der Waals surface area contributed by atoms with Gasteiger partial charge in [0, 0.05) is 71.2 Å². The second-order valence-corrected chi connectivity index (χ2v) is 16.4. The summed E-state index contributed by atoms with van der Waals surface area (Å²) >= 11 is 5.86. The highest BCUT2D eigenvalue weighted by Gasteiger charge is 2.32. The lowest BCUT2D eigenvalue weighted by molar-refractivity contribution is 0.510. The highest BCUT2D eigenvalue weighted by atomic mass is 35.5. The minimum Gasteiger partial charge on any atom is -0.321 e. The van der Waals surface area contributed by atoms with E-state index >= 15 is 0 Å². The van der Waals surface area contributed by atoms with E-state index in [-0.39, 0.29) is 17.2 Å². The first-order valence-corrected chi connectivity index (χ1v) is 21.2. The highest BCUT2D eigenvalue weighted by Crippen LogP contribution is 2.44. The van der Waals surface area contributed by atoms with Crippen LogP contribution in [0.4, 0.5) is 26.3 Å². The van der Waals surface area contributed by atoms with Crippen LogP contribution >= 0.6 is 11.6 Å². The van der Waals surface area contributed by atoms with Crippen molar-refractivity contribution in [3.8, 4) is 34.2 Å². The minimum absolute atomic E-state index is 0.249. The summed E-state index contributed by atoms with van der Waals surface area (Å²) in [7, 11) is 0. The number of hydrogen-bond acceptors (Lipinski definition) is 9. The zero-order valence-electron chi connectivity index (χ0n) is 34.4. The smallest absolute Gasteiger partial charge is 0.161 e. The van der Waals surface area contributed by atoms with Crippen LogP contribution in [0.1, 0.15) is 75.0 Å². The van der Waals surface area contributed by atoms with Gasteiger partial charge in [-0.25, -0.2) is 41.3 Å². The third-order valence-electron chi connectivity index (χ3n) is 11.3. The Morgan fingerprint density at radius 1 is 0.523 bits per heavy atom. The molecule has 12 nitrogen and oxygen atoms in total. The second-order valence-electron chi connectivity index (χ2n) is 16.0. The number of aromatic nitrogens is 12. The summed E-state index contributed by atoms with van der Waals surface area (Å²) in [5.74, 6) is -3.28. The Labute approximate surface area is 370 Å². The molecule has 0 atom stereocenters. The summed E-state index contributed by atoms with van der Waals surface area (Å²) < 4.78 is 87.0. The molecule has 9 aromatic rings. The van der Waals surface area contributed by atoms with Gasteiger partial charge in [0.2, 0.25) is 0 Å². The first-order chi connectivity index (χ1) is 31.5. The van der Waals surface area contributed by atoms with E-state index in [4.69, 9.17) is 11.6 Å². The molecule has 0 saturated heterocycles. The van der Waals surface area contributed by atoms with Gasteiger partial charge < -0.3 is 13.7 Å². The van der Waals surface area contributed by atoms with E-state index in [1.165, 1.54) is 18.2 Å². The van der Waals surface area contributed by atoms with Crippen molar-refractivity contribution < 1.29 is 26.3 Å². The molecule has 3 aromatic carbocycles. The van der Waals surface area contributed by atoms with Crippen LogP contribution in [0.3, 0.4) is 0 Å². The average Bonchev–Trinajstić information content (AvgIpc) is 4.24. The molecule has 0 bridgehead atoms. The Bertz CT molecular complexity index is 3320. The monoisotopic (exact) mass is 904 g/mol. The van der Waals surface area contributed by atoms with Crippen LogP contribution in [0, 0.1) is 34.9 Å². The zero-order chi connectivity index (χ0) is 45.1. The Balaban J connectivity index is 0.000000115. The number of imidazole rings is 3. The van der Waals surface area contributed by atoms with Crippen LogP contribution in [0.25, 0.3) is 73.3 Å². The largest absolute Gasteiger partial charge is 0.321 e. The Morgan fingerprint density at radius 3 is 1.28 bits per heavy atom. The van der Waals surface area contributed by atoms with Crippen LogP contribution in [-0.4, -0.2) is 59.2 Å². The van der Waals surface area contributed by atoms with Crippen molar-refractivity contribution in [2.45, 2.75) is 70.0 Å². The number of hydrogen-bond donors (Lipinski definition) is 0. The molecule has 0 aliphatic heterocycles. The van der Waals surface area contributed by atoms with Gasteiger partial charge in [-0.2, -0.15) is 25.5 Å². The fourth-order valence-electron chi connectivity index (χ4n) is 7.76. The molecular formula is C46H35ClF6N12. The van der Waals surface area contributed by atoms with Crippen LogP contribution in [-0.2, 0) is 6.42 Å². The molecule has 12 rings (SSSR count). The summed E-state index contributed by atoms with van der Waals surface area (Å²) in [6.45, 7) is 5.68. The summed E-state index contributed by atoms with van der Waals surface area (Å²) in [6.07, 6.45) is 13.2. The second kappa shape index (κ2) is 16.8. The van der Waals surface area contributed by atoms with Crippen molar-refractivity contribution in [2.24, 2.45) is 0 Å². The van der Waals surface area contributed by atoms with E-state index < -0.39 is 34.9 Å². The minimum atomic E-state index is -0.902. The fraction of sp³-hybridized carbons (Fsp3) is 0.239. The van der Waals surface area contributed by atoms with Crippen molar-refractivity contribution in [1.29, 1.82) is 0 Å². The maximum Gasteiger partial charge on any atom is 0.161 e. The van der Waals surface area contributed by atoms with E-state index in [1.807, 2.05) is 32.8 Å². The Kier molecular flexibility index (Phi) is 10.8. The van der Waals surface area contributed by atoms with Crippen molar-refractivity contribution in [3.63, 3.8) is 0 Å². The van der Waals surface area contributed by atoms with Crippen molar-refractivity contribution in [1.82, 2.24) is 59.2 Å². The lowest BCUT2D eigenvalue weighted by Gasteiger charge is -2.08. The predicted octanol–water partition coefficient (Wildman–Crippen LogP) is 11.2. The van der Waals surface area contributed by atoms with E-state index in [2.05, 4.69) is 52.1 Å². The van der Waals surface area contributed by atoms with Gasteiger partial charge in [0.15, 0.2) is 40.1 Å². The van der Waals surface area contributed by atoms with E-state index in [1.54, 1.807) is 30.7 Å².